The first-order chi connectivity index (χ1) is 8.61. The summed E-state index contributed by atoms with van der Waals surface area (Å²) < 4.78 is 10.2. The first kappa shape index (κ1) is 12.4. The van der Waals surface area contributed by atoms with E-state index in [1.807, 2.05) is 0 Å². The van der Waals surface area contributed by atoms with E-state index in [1.165, 1.54) is 4.90 Å². The third-order valence-electron chi connectivity index (χ3n) is 2.64. The molecule has 0 spiro atoms. The Labute approximate surface area is 103 Å². The van der Waals surface area contributed by atoms with Crippen molar-refractivity contribution < 1.29 is 19.3 Å². The summed E-state index contributed by atoms with van der Waals surface area (Å²) in [5, 5.41) is 15.1. The van der Waals surface area contributed by atoms with Crippen molar-refractivity contribution in [1.82, 2.24) is 10.1 Å². The van der Waals surface area contributed by atoms with Crippen LogP contribution in [0.25, 0.3) is 0 Å². The predicted molar refractivity (Wildman–Crippen MR) is 60.3 cm³/mol. The zero-order valence-corrected chi connectivity index (χ0v) is 9.87. The van der Waals surface area contributed by atoms with Crippen molar-refractivity contribution in [2.24, 2.45) is 10.9 Å². The standard InChI is InChI=1S/C10H14N4O4/c1-6-4-7(18-13-6)10(15)14-2-3-17-8(5-14)9(11)12-16/h4,8,16H,2-3,5H2,1H3,(H2,11,12). The maximum Gasteiger partial charge on any atom is 0.292 e. The molecule has 0 bridgehead atoms. The van der Waals surface area contributed by atoms with Gasteiger partial charge in [0.15, 0.2) is 5.84 Å². The van der Waals surface area contributed by atoms with E-state index in [0.29, 0.717) is 18.8 Å². The summed E-state index contributed by atoms with van der Waals surface area (Å²) in [4.78, 5) is 13.6. The second-order valence-corrected chi connectivity index (χ2v) is 3.97. The van der Waals surface area contributed by atoms with Gasteiger partial charge in [-0.3, -0.25) is 4.79 Å². The molecule has 18 heavy (non-hydrogen) atoms. The number of aromatic nitrogens is 1. The molecule has 1 saturated heterocycles. The van der Waals surface area contributed by atoms with Crippen molar-refractivity contribution >= 4 is 11.7 Å². The van der Waals surface area contributed by atoms with Crippen molar-refractivity contribution in [2.75, 3.05) is 19.7 Å². The minimum atomic E-state index is -0.600. The van der Waals surface area contributed by atoms with Crippen molar-refractivity contribution in [3.8, 4) is 0 Å². The van der Waals surface area contributed by atoms with Crippen molar-refractivity contribution in [3.05, 3.63) is 17.5 Å². The zero-order valence-electron chi connectivity index (χ0n) is 9.87. The number of oxime groups is 1. The third kappa shape index (κ3) is 2.43. The highest BCUT2D eigenvalue weighted by Crippen LogP contribution is 2.11. The van der Waals surface area contributed by atoms with Gasteiger partial charge in [0.05, 0.1) is 18.8 Å². The average molecular weight is 254 g/mol. The predicted octanol–water partition coefficient (Wildman–Crippen LogP) is -0.430. The number of amides is 1. The summed E-state index contributed by atoms with van der Waals surface area (Å²) in [7, 11) is 0. The Balaban J connectivity index is 2.07. The number of aryl methyl sites for hydroxylation is 1. The number of ether oxygens (including phenoxy) is 1. The fourth-order valence-corrected chi connectivity index (χ4v) is 1.70. The molecule has 2 heterocycles. The molecule has 0 radical (unpaired) electrons. The molecule has 1 atom stereocenters. The molecule has 3 N–H and O–H groups in total. The number of amidine groups is 1. The van der Waals surface area contributed by atoms with Crippen LogP contribution < -0.4 is 5.73 Å². The van der Waals surface area contributed by atoms with Gasteiger partial charge in [0.25, 0.3) is 5.91 Å². The lowest BCUT2D eigenvalue weighted by Gasteiger charge is -2.31. The van der Waals surface area contributed by atoms with E-state index in [2.05, 4.69) is 10.3 Å². The van der Waals surface area contributed by atoms with Crippen LogP contribution in [0.2, 0.25) is 0 Å². The summed E-state index contributed by atoms with van der Waals surface area (Å²) in [5.41, 5.74) is 6.09. The molecular weight excluding hydrogens is 240 g/mol. The quantitative estimate of drug-likeness (QED) is 0.320. The maximum atomic E-state index is 12.1. The molecular formula is C10H14N4O4. The van der Waals surface area contributed by atoms with E-state index in [9.17, 15) is 4.79 Å². The second-order valence-electron chi connectivity index (χ2n) is 3.97. The molecule has 98 valence electrons. The molecule has 1 aromatic rings. The van der Waals surface area contributed by atoms with Crippen LogP contribution in [0.3, 0.4) is 0 Å². The fraction of sp³-hybridized carbons (Fsp3) is 0.500. The molecule has 1 unspecified atom stereocenters. The van der Waals surface area contributed by atoms with E-state index in [0.717, 1.165) is 0 Å². The van der Waals surface area contributed by atoms with Gasteiger partial charge >= 0.3 is 0 Å². The maximum absolute atomic E-state index is 12.1. The van der Waals surface area contributed by atoms with Gasteiger partial charge in [0.1, 0.15) is 6.10 Å². The van der Waals surface area contributed by atoms with Crippen LogP contribution in [0.5, 0.6) is 0 Å². The van der Waals surface area contributed by atoms with Gasteiger partial charge in [-0.15, -0.1) is 0 Å². The number of hydrogen-bond donors (Lipinski definition) is 2. The lowest BCUT2D eigenvalue weighted by atomic mass is 10.2. The molecule has 1 amide bonds. The number of carbonyl (C=O) groups excluding carboxylic acids is 1. The highest BCUT2D eigenvalue weighted by atomic mass is 16.5. The highest BCUT2D eigenvalue weighted by Gasteiger charge is 2.29. The monoisotopic (exact) mass is 254 g/mol. The number of nitrogens with two attached hydrogens (primary N) is 1. The Hall–Kier alpha value is -2.09. The Morgan fingerprint density at radius 2 is 2.50 bits per heavy atom. The van der Waals surface area contributed by atoms with Crippen LogP contribution in [0, 0.1) is 6.92 Å². The molecule has 0 saturated carbocycles. The molecule has 1 aromatic heterocycles. The van der Waals surface area contributed by atoms with E-state index in [4.69, 9.17) is 20.2 Å². The number of rotatable bonds is 2. The Morgan fingerprint density at radius 1 is 1.72 bits per heavy atom. The minimum absolute atomic E-state index is 0.0544. The van der Waals surface area contributed by atoms with Gasteiger partial charge in [0, 0.05) is 12.6 Å². The minimum Gasteiger partial charge on any atom is -0.409 e. The van der Waals surface area contributed by atoms with Gasteiger partial charge in [-0.1, -0.05) is 10.3 Å². The lowest BCUT2D eigenvalue weighted by Crippen LogP contribution is -2.50. The van der Waals surface area contributed by atoms with Crippen LogP contribution in [0.1, 0.15) is 16.2 Å². The normalized spacial score (nSPS) is 21.1. The lowest BCUT2D eigenvalue weighted by molar-refractivity contribution is 0.00498. The van der Waals surface area contributed by atoms with Crippen molar-refractivity contribution in [2.45, 2.75) is 13.0 Å². The second kappa shape index (κ2) is 5.05. The molecule has 8 nitrogen and oxygen atoms in total. The number of nitrogens with zero attached hydrogens (tertiary/aromatic N) is 3. The number of carbonyl (C=O) groups is 1. The molecule has 8 heteroatoms. The Morgan fingerprint density at radius 3 is 3.11 bits per heavy atom. The first-order valence-corrected chi connectivity index (χ1v) is 5.43. The van der Waals surface area contributed by atoms with Crippen LogP contribution in [0.15, 0.2) is 15.7 Å². The highest BCUT2D eigenvalue weighted by molar-refractivity contribution is 5.92. The van der Waals surface area contributed by atoms with Crippen LogP contribution in [-0.2, 0) is 4.74 Å². The topological polar surface area (TPSA) is 114 Å². The van der Waals surface area contributed by atoms with E-state index >= 15 is 0 Å². The van der Waals surface area contributed by atoms with Crippen LogP contribution in [0.4, 0.5) is 0 Å². The van der Waals surface area contributed by atoms with E-state index in [1.54, 1.807) is 13.0 Å². The Kier molecular flexibility index (Phi) is 3.47. The third-order valence-corrected chi connectivity index (χ3v) is 2.64. The number of morpholine rings is 1. The molecule has 0 aromatic carbocycles. The summed E-state index contributed by atoms with van der Waals surface area (Å²) in [5.74, 6) is -0.163. The van der Waals surface area contributed by atoms with Gasteiger partial charge in [-0.05, 0) is 6.92 Å². The molecule has 1 aliphatic rings. The first-order valence-electron chi connectivity index (χ1n) is 5.43. The summed E-state index contributed by atoms with van der Waals surface area (Å²) in [6.45, 7) is 2.70. The zero-order chi connectivity index (χ0) is 13.1. The van der Waals surface area contributed by atoms with Gasteiger partial charge in [0.2, 0.25) is 5.76 Å². The van der Waals surface area contributed by atoms with Crippen molar-refractivity contribution in [1.29, 1.82) is 0 Å². The summed E-state index contributed by atoms with van der Waals surface area (Å²) >= 11 is 0. The molecule has 1 aliphatic heterocycles. The van der Waals surface area contributed by atoms with Crippen LogP contribution >= 0.6 is 0 Å². The molecule has 2 rings (SSSR count). The van der Waals surface area contributed by atoms with Gasteiger partial charge < -0.3 is 25.1 Å². The fourth-order valence-electron chi connectivity index (χ4n) is 1.70. The molecule has 0 aliphatic carbocycles. The van der Waals surface area contributed by atoms with Crippen LogP contribution in [-0.4, -0.2) is 52.8 Å². The number of hydrogen-bond acceptors (Lipinski definition) is 6. The van der Waals surface area contributed by atoms with Gasteiger partial charge in [-0.2, -0.15) is 0 Å². The van der Waals surface area contributed by atoms with Gasteiger partial charge in [-0.25, -0.2) is 0 Å². The average Bonchev–Trinajstić information content (AvgIpc) is 2.83. The molecule has 1 fully saturated rings. The SMILES string of the molecule is Cc1cc(C(=O)N2CCOC(/C(N)=N/O)C2)on1. The van der Waals surface area contributed by atoms with E-state index < -0.39 is 6.10 Å². The smallest absolute Gasteiger partial charge is 0.292 e. The van der Waals surface area contributed by atoms with Crippen molar-refractivity contribution in [3.63, 3.8) is 0 Å². The largest absolute Gasteiger partial charge is 0.409 e. The van der Waals surface area contributed by atoms with E-state index in [-0.39, 0.29) is 24.0 Å². The summed E-state index contributed by atoms with van der Waals surface area (Å²) in [6, 6.07) is 1.57. The summed E-state index contributed by atoms with van der Waals surface area (Å²) in [6.07, 6.45) is -0.600. The Bertz CT molecular complexity index is 470.